The van der Waals surface area contributed by atoms with Gasteiger partial charge in [0.15, 0.2) is 5.13 Å². The third-order valence-electron chi connectivity index (χ3n) is 4.15. The molecule has 1 fully saturated rings. The third kappa shape index (κ3) is 4.52. The monoisotopic (exact) mass is 480 g/mol. The SMILES string of the molecule is O=C(CNC(=O)c1ccc(Br)s1)Nc1ccc2nc(N3CCOCC3)sc2c1. The van der Waals surface area contributed by atoms with Crippen LogP contribution in [0, 0.1) is 0 Å². The second-order valence-electron chi connectivity index (χ2n) is 6.11. The molecule has 3 heterocycles. The van der Waals surface area contributed by atoms with Gasteiger partial charge in [0.2, 0.25) is 5.91 Å². The molecule has 10 heteroatoms. The molecule has 2 aromatic heterocycles. The molecule has 0 atom stereocenters. The lowest BCUT2D eigenvalue weighted by Gasteiger charge is -2.25. The number of thiazole rings is 1. The highest BCUT2D eigenvalue weighted by atomic mass is 79.9. The van der Waals surface area contributed by atoms with Crippen LogP contribution in [0.4, 0.5) is 10.8 Å². The lowest BCUT2D eigenvalue weighted by atomic mass is 10.3. The van der Waals surface area contributed by atoms with Gasteiger partial charge in [-0.3, -0.25) is 9.59 Å². The molecule has 0 radical (unpaired) electrons. The van der Waals surface area contributed by atoms with Crippen molar-refractivity contribution in [1.82, 2.24) is 10.3 Å². The van der Waals surface area contributed by atoms with Crippen molar-refractivity contribution in [2.75, 3.05) is 43.1 Å². The third-order valence-corrected chi connectivity index (χ3v) is 6.85. The van der Waals surface area contributed by atoms with Crippen molar-refractivity contribution >= 4 is 71.5 Å². The Morgan fingerprint density at radius 1 is 1.18 bits per heavy atom. The number of aromatic nitrogens is 1. The van der Waals surface area contributed by atoms with Crippen LogP contribution in [-0.4, -0.2) is 49.6 Å². The van der Waals surface area contributed by atoms with E-state index in [1.54, 1.807) is 23.5 Å². The lowest BCUT2D eigenvalue weighted by molar-refractivity contribution is -0.115. The second-order valence-corrected chi connectivity index (χ2v) is 9.59. The van der Waals surface area contributed by atoms with Crippen LogP contribution in [0.2, 0.25) is 0 Å². The highest BCUT2D eigenvalue weighted by molar-refractivity contribution is 9.11. The van der Waals surface area contributed by atoms with Crippen LogP contribution >= 0.6 is 38.6 Å². The number of fused-ring (bicyclic) bond motifs is 1. The molecule has 0 spiro atoms. The van der Waals surface area contributed by atoms with Gasteiger partial charge >= 0.3 is 0 Å². The van der Waals surface area contributed by atoms with Gasteiger partial charge in [-0.25, -0.2) is 4.98 Å². The first-order valence-corrected chi connectivity index (χ1v) is 11.1. The highest BCUT2D eigenvalue weighted by Crippen LogP contribution is 2.31. The van der Waals surface area contributed by atoms with E-state index in [4.69, 9.17) is 4.74 Å². The average Bonchev–Trinajstić information content (AvgIpc) is 3.33. The molecular formula is C18H17BrN4O3S2. The van der Waals surface area contributed by atoms with Crippen molar-refractivity contribution in [3.05, 3.63) is 39.0 Å². The number of halogens is 1. The Balaban J connectivity index is 1.37. The van der Waals surface area contributed by atoms with E-state index in [-0.39, 0.29) is 18.4 Å². The van der Waals surface area contributed by atoms with Gasteiger partial charge in [0.05, 0.1) is 38.6 Å². The number of benzene rings is 1. The number of carbonyl (C=O) groups is 2. The van der Waals surface area contributed by atoms with Gasteiger partial charge in [-0.1, -0.05) is 11.3 Å². The molecule has 2 N–H and O–H groups in total. The van der Waals surface area contributed by atoms with Crippen LogP contribution in [0.1, 0.15) is 9.67 Å². The predicted molar refractivity (Wildman–Crippen MR) is 116 cm³/mol. The molecule has 1 aliphatic rings. The summed E-state index contributed by atoms with van der Waals surface area (Å²) in [6.45, 7) is 3.01. The number of nitrogens with zero attached hydrogens (tertiary/aromatic N) is 2. The summed E-state index contributed by atoms with van der Waals surface area (Å²) in [6.07, 6.45) is 0. The summed E-state index contributed by atoms with van der Waals surface area (Å²) in [7, 11) is 0. The Morgan fingerprint density at radius 2 is 2.00 bits per heavy atom. The molecule has 0 unspecified atom stereocenters. The zero-order valence-corrected chi connectivity index (χ0v) is 18.0. The van der Waals surface area contributed by atoms with E-state index in [1.165, 1.54) is 11.3 Å². The molecule has 28 heavy (non-hydrogen) atoms. The maximum atomic E-state index is 12.2. The number of hydrogen-bond acceptors (Lipinski definition) is 7. The number of rotatable bonds is 5. The number of ether oxygens (including phenoxy) is 1. The Morgan fingerprint density at radius 3 is 2.75 bits per heavy atom. The van der Waals surface area contributed by atoms with Crippen LogP contribution < -0.4 is 15.5 Å². The number of hydrogen-bond donors (Lipinski definition) is 2. The fraction of sp³-hybridized carbons (Fsp3) is 0.278. The van der Waals surface area contributed by atoms with Crippen molar-refractivity contribution in [1.29, 1.82) is 0 Å². The molecule has 2 amide bonds. The summed E-state index contributed by atoms with van der Waals surface area (Å²) in [4.78, 5) is 31.6. The van der Waals surface area contributed by atoms with E-state index >= 15 is 0 Å². The topological polar surface area (TPSA) is 83.6 Å². The van der Waals surface area contributed by atoms with E-state index in [1.807, 2.05) is 18.2 Å². The van der Waals surface area contributed by atoms with Crippen molar-refractivity contribution in [3.63, 3.8) is 0 Å². The molecule has 1 saturated heterocycles. The Hall–Kier alpha value is -2.01. The smallest absolute Gasteiger partial charge is 0.261 e. The normalized spacial score (nSPS) is 14.2. The molecule has 146 valence electrons. The van der Waals surface area contributed by atoms with Crippen LogP contribution in [0.5, 0.6) is 0 Å². The Kier molecular flexibility index (Phi) is 5.90. The Bertz CT molecular complexity index is 1010. The molecule has 3 aromatic rings. The maximum Gasteiger partial charge on any atom is 0.261 e. The minimum atomic E-state index is -0.277. The molecule has 0 saturated carbocycles. The van der Waals surface area contributed by atoms with Crippen LogP contribution in [0.25, 0.3) is 10.2 Å². The summed E-state index contributed by atoms with van der Waals surface area (Å²) in [5, 5.41) is 6.42. The largest absolute Gasteiger partial charge is 0.378 e. The van der Waals surface area contributed by atoms with Crippen molar-refractivity contribution < 1.29 is 14.3 Å². The van der Waals surface area contributed by atoms with Gasteiger partial charge in [0.25, 0.3) is 5.91 Å². The number of morpholine rings is 1. The van der Waals surface area contributed by atoms with Gasteiger partial charge in [-0.2, -0.15) is 0 Å². The zero-order chi connectivity index (χ0) is 19.5. The molecule has 0 aliphatic carbocycles. The fourth-order valence-electron chi connectivity index (χ4n) is 2.77. The fourth-order valence-corrected chi connectivity index (χ4v) is 5.13. The molecule has 0 bridgehead atoms. The number of anilines is 2. The van der Waals surface area contributed by atoms with Crippen molar-refractivity contribution in [2.24, 2.45) is 0 Å². The van der Waals surface area contributed by atoms with Crippen LogP contribution in [0.3, 0.4) is 0 Å². The molecule has 4 rings (SSSR count). The van der Waals surface area contributed by atoms with E-state index in [9.17, 15) is 9.59 Å². The van der Waals surface area contributed by atoms with Crippen molar-refractivity contribution in [2.45, 2.75) is 0 Å². The highest BCUT2D eigenvalue weighted by Gasteiger charge is 2.16. The van der Waals surface area contributed by atoms with Gasteiger partial charge in [-0.05, 0) is 46.3 Å². The maximum absolute atomic E-state index is 12.2. The number of carbonyl (C=O) groups excluding carboxylic acids is 2. The number of nitrogens with one attached hydrogen (secondary N) is 2. The van der Waals surface area contributed by atoms with Gasteiger partial charge in [0.1, 0.15) is 0 Å². The first-order valence-electron chi connectivity index (χ1n) is 8.65. The van der Waals surface area contributed by atoms with Crippen LogP contribution in [-0.2, 0) is 9.53 Å². The quantitative estimate of drug-likeness (QED) is 0.584. The Labute approximate surface area is 177 Å². The standard InChI is InChI=1S/C18H17BrN4O3S2/c19-15-4-3-13(27-15)17(25)20-10-16(24)21-11-1-2-12-14(9-11)28-18(22-12)23-5-7-26-8-6-23/h1-4,9H,5-8,10H2,(H,20,25)(H,21,24). The molecule has 1 aliphatic heterocycles. The number of amides is 2. The molecular weight excluding hydrogens is 464 g/mol. The summed E-state index contributed by atoms with van der Waals surface area (Å²) in [5.41, 5.74) is 1.59. The van der Waals surface area contributed by atoms with E-state index in [2.05, 4.69) is 36.4 Å². The first kappa shape index (κ1) is 19.3. The summed E-state index contributed by atoms with van der Waals surface area (Å²) in [5.74, 6) is -0.542. The minimum absolute atomic E-state index is 0.0892. The van der Waals surface area contributed by atoms with E-state index in [0.29, 0.717) is 23.8 Å². The van der Waals surface area contributed by atoms with Crippen molar-refractivity contribution in [3.8, 4) is 0 Å². The zero-order valence-electron chi connectivity index (χ0n) is 14.7. The van der Waals surface area contributed by atoms with Gasteiger partial charge in [-0.15, -0.1) is 11.3 Å². The summed E-state index contributed by atoms with van der Waals surface area (Å²) >= 11 is 6.24. The first-order chi connectivity index (χ1) is 13.6. The average molecular weight is 481 g/mol. The predicted octanol–water partition coefficient (Wildman–Crippen LogP) is 3.33. The minimum Gasteiger partial charge on any atom is -0.378 e. The van der Waals surface area contributed by atoms with Gasteiger partial charge < -0.3 is 20.3 Å². The molecule has 7 nitrogen and oxygen atoms in total. The summed E-state index contributed by atoms with van der Waals surface area (Å²) in [6, 6.07) is 9.14. The molecule has 1 aromatic carbocycles. The van der Waals surface area contributed by atoms with E-state index in [0.717, 1.165) is 32.2 Å². The van der Waals surface area contributed by atoms with Crippen LogP contribution in [0.15, 0.2) is 34.1 Å². The second kappa shape index (κ2) is 8.56. The van der Waals surface area contributed by atoms with Gasteiger partial charge in [0, 0.05) is 18.8 Å². The van der Waals surface area contributed by atoms with E-state index < -0.39 is 0 Å². The number of thiophene rings is 1. The summed E-state index contributed by atoms with van der Waals surface area (Å²) < 4.78 is 7.26. The lowest BCUT2D eigenvalue weighted by Crippen LogP contribution is -2.36.